The number of hydrogen-bond acceptors (Lipinski definition) is 4. The molecule has 4 nitrogen and oxygen atoms in total. The summed E-state index contributed by atoms with van der Waals surface area (Å²) in [6.07, 6.45) is 0.990. The van der Waals surface area contributed by atoms with Gasteiger partial charge in [0, 0.05) is 38.3 Å². The average molecular weight is 216 g/mol. The Balaban J connectivity index is 2.15. The maximum absolute atomic E-state index is 6.04. The molecule has 0 spiro atoms. The first-order valence-electron chi connectivity index (χ1n) is 5.83. The van der Waals surface area contributed by atoms with Crippen LogP contribution in [-0.4, -0.2) is 57.5 Å². The second-order valence-corrected chi connectivity index (χ2v) is 4.25. The highest BCUT2D eigenvalue weighted by Crippen LogP contribution is 2.13. The van der Waals surface area contributed by atoms with Crippen molar-refractivity contribution < 1.29 is 9.47 Å². The largest absolute Gasteiger partial charge is 0.381 e. The van der Waals surface area contributed by atoms with Crippen molar-refractivity contribution in [1.29, 1.82) is 0 Å². The van der Waals surface area contributed by atoms with Gasteiger partial charge in [-0.3, -0.25) is 0 Å². The number of rotatable bonds is 6. The van der Waals surface area contributed by atoms with Crippen molar-refractivity contribution in [2.45, 2.75) is 19.4 Å². The van der Waals surface area contributed by atoms with Crippen LogP contribution in [0.2, 0.25) is 0 Å². The van der Waals surface area contributed by atoms with Gasteiger partial charge in [-0.1, -0.05) is 0 Å². The fourth-order valence-electron chi connectivity index (χ4n) is 1.86. The van der Waals surface area contributed by atoms with E-state index >= 15 is 0 Å². The molecular formula is C11H24N2O2. The van der Waals surface area contributed by atoms with E-state index in [1.165, 1.54) is 0 Å². The van der Waals surface area contributed by atoms with Gasteiger partial charge in [0.1, 0.15) is 0 Å². The topological polar surface area (TPSA) is 47.7 Å². The van der Waals surface area contributed by atoms with Gasteiger partial charge in [-0.05, 0) is 20.4 Å². The minimum absolute atomic E-state index is 0.299. The van der Waals surface area contributed by atoms with Gasteiger partial charge in [-0.15, -0.1) is 0 Å². The summed E-state index contributed by atoms with van der Waals surface area (Å²) in [5.41, 5.74) is 6.04. The van der Waals surface area contributed by atoms with E-state index in [4.69, 9.17) is 15.2 Å². The molecule has 2 N–H and O–H groups in total. The van der Waals surface area contributed by atoms with Crippen molar-refractivity contribution in [3.63, 3.8) is 0 Å². The molecule has 1 fully saturated rings. The summed E-state index contributed by atoms with van der Waals surface area (Å²) >= 11 is 0. The number of nitrogens with zero attached hydrogens (tertiary/aromatic N) is 1. The van der Waals surface area contributed by atoms with E-state index in [0.29, 0.717) is 12.0 Å². The quantitative estimate of drug-likeness (QED) is 0.650. The van der Waals surface area contributed by atoms with Crippen LogP contribution in [0, 0.1) is 5.92 Å². The van der Waals surface area contributed by atoms with E-state index in [9.17, 15) is 0 Å². The highest BCUT2D eigenvalue weighted by molar-refractivity contribution is 4.78. The Kier molecular flexibility index (Phi) is 6.17. The molecule has 90 valence electrons. The molecule has 1 heterocycles. The Hall–Kier alpha value is -0.160. The zero-order valence-electron chi connectivity index (χ0n) is 9.95. The molecule has 0 aromatic heterocycles. The lowest BCUT2D eigenvalue weighted by molar-refractivity contribution is 0.0252. The SMILES string of the molecule is CCOCCN(C)CC1COCCC1N. The number of likely N-dealkylation sites (N-methyl/N-ethyl adjacent to an activating group) is 1. The Morgan fingerprint density at radius 2 is 2.33 bits per heavy atom. The summed E-state index contributed by atoms with van der Waals surface area (Å²) in [5, 5.41) is 0. The van der Waals surface area contributed by atoms with Crippen molar-refractivity contribution in [3.05, 3.63) is 0 Å². The highest BCUT2D eigenvalue weighted by Gasteiger charge is 2.23. The van der Waals surface area contributed by atoms with E-state index < -0.39 is 0 Å². The maximum atomic E-state index is 6.04. The minimum Gasteiger partial charge on any atom is -0.381 e. The van der Waals surface area contributed by atoms with Gasteiger partial charge in [-0.2, -0.15) is 0 Å². The zero-order chi connectivity index (χ0) is 11.1. The van der Waals surface area contributed by atoms with Crippen molar-refractivity contribution in [2.24, 2.45) is 11.7 Å². The number of nitrogens with two attached hydrogens (primary N) is 1. The van der Waals surface area contributed by atoms with E-state index in [-0.39, 0.29) is 0 Å². The molecule has 0 aromatic carbocycles. The summed E-state index contributed by atoms with van der Waals surface area (Å²) in [6.45, 7) is 7.21. The third-order valence-electron chi connectivity index (χ3n) is 2.90. The summed E-state index contributed by atoms with van der Waals surface area (Å²) in [4.78, 5) is 2.27. The summed E-state index contributed by atoms with van der Waals surface area (Å²) in [5.74, 6) is 0.477. The Labute approximate surface area is 92.7 Å². The second-order valence-electron chi connectivity index (χ2n) is 4.25. The molecule has 0 amide bonds. The van der Waals surface area contributed by atoms with E-state index in [2.05, 4.69) is 11.9 Å². The van der Waals surface area contributed by atoms with Crippen LogP contribution in [0.15, 0.2) is 0 Å². The lowest BCUT2D eigenvalue weighted by Gasteiger charge is -2.31. The molecule has 0 aliphatic carbocycles. The Bertz CT molecular complexity index is 167. The zero-order valence-corrected chi connectivity index (χ0v) is 9.95. The monoisotopic (exact) mass is 216 g/mol. The first-order valence-corrected chi connectivity index (χ1v) is 5.83. The first kappa shape index (κ1) is 12.9. The molecule has 1 saturated heterocycles. The van der Waals surface area contributed by atoms with Crippen LogP contribution in [-0.2, 0) is 9.47 Å². The molecule has 2 unspecified atom stereocenters. The standard InChI is InChI=1S/C11H24N2O2/c1-3-14-7-5-13(2)8-10-9-15-6-4-11(10)12/h10-11H,3-9,12H2,1-2H3. The van der Waals surface area contributed by atoms with Crippen LogP contribution in [0.1, 0.15) is 13.3 Å². The molecule has 1 aliphatic rings. The van der Waals surface area contributed by atoms with Gasteiger partial charge in [0.2, 0.25) is 0 Å². The van der Waals surface area contributed by atoms with Crippen LogP contribution in [0.5, 0.6) is 0 Å². The highest BCUT2D eigenvalue weighted by atomic mass is 16.5. The van der Waals surface area contributed by atoms with Gasteiger partial charge < -0.3 is 20.1 Å². The molecule has 0 saturated carbocycles. The van der Waals surface area contributed by atoms with Crippen molar-refractivity contribution in [3.8, 4) is 0 Å². The van der Waals surface area contributed by atoms with Crippen molar-refractivity contribution >= 4 is 0 Å². The minimum atomic E-state index is 0.299. The number of ether oxygens (including phenoxy) is 2. The molecule has 1 aliphatic heterocycles. The molecule has 2 atom stereocenters. The summed E-state index contributed by atoms with van der Waals surface area (Å²) in [6, 6.07) is 0.299. The van der Waals surface area contributed by atoms with E-state index in [0.717, 1.165) is 45.9 Å². The fraction of sp³-hybridized carbons (Fsp3) is 1.00. The van der Waals surface area contributed by atoms with E-state index in [1.807, 2.05) is 6.92 Å². The maximum Gasteiger partial charge on any atom is 0.0593 e. The van der Waals surface area contributed by atoms with Crippen LogP contribution < -0.4 is 5.73 Å². The molecule has 0 aromatic rings. The normalized spacial score (nSPS) is 27.2. The third-order valence-corrected chi connectivity index (χ3v) is 2.90. The van der Waals surface area contributed by atoms with Crippen LogP contribution in [0.4, 0.5) is 0 Å². The van der Waals surface area contributed by atoms with Gasteiger partial charge in [-0.25, -0.2) is 0 Å². The molecular weight excluding hydrogens is 192 g/mol. The van der Waals surface area contributed by atoms with Gasteiger partial charge >= 0.3 is 0 Å². The molecule has 0 bridgehead atoms. The van der Waals surface area contributed by atoms with Gasteiger partial charge in [0.25, 0.3) is 0 Å². The van der Waals surface area contributed by atoms with Crippen molar-refractivity contribution in [2.75, 3.05) is 46.6 Å². The predicted octanol–water partition coefficient (Wildman–Crippen LogP) is 0.319. The third kappa shape index (κ3) is 4.93. The molecule has 4 heteroatoms. The lowest BCUT2D eigenvalue weighted by Crippen LogP contribution is -2.44. The van der Waals surface area contributed by atoms with Crippen LogP contribution in [0.3, 0.4) is 0 Å². The fourth-order valence-corrected chi connectivity index (χ4v) is 1.86. The average Bonchev–Trinajstić information content (AvgIpc) is 2.22. The lowest BCUT2D eigenvalue weighted by atomic mass is 9.96. The summed E-state index contributed by atoms with van der Waals surface area (Å²) < 4.78 is 10.8. The van der Waals surface area contributed by atoms with Crippen LogP contribution in [0.25, 0.3) is 0 Å². The Morgan fingerprint density at radius 1 is 1.53 bits per heavy atom. The van der Waals surface area contributed by atoms with Crippen LogP contribution >= 0.6 is 0 Å². The molecule has 0 radical (unpaired) electrons. The summed E-state index contributed by atoms with van der Waals surface area (Å²) in [7, 11) is 2.11. The van der Waals surface area contributed by atoms with Crippen molar-refractivity contribution in [1.82, 2.24) is 4.90 Å². The Morgan fingerprint density at radius 3 is 3.00 bits per heavy atom. The van der Waals surface area contributed by atoms with E-state index in [1.54, 1.807) is 0 Å². The number of hydrogen-bond donors (Lipinski definition) is 1. The first-order chi connectivity index (χ1) is 7.24. The second kappa shape index (κ2) is 7.17. The predicted molar refractivity (Wildman–Crippen MR) is 60.9 cm³/mol. The van der Waals surface area contributed by atoms with Gasteiger partial charge in [0.05, 0.1) is 13.2 Å². The smallest absolute Gasteiger partial charge is 0.0593 e. The molecule has 15 heavy (non-hydrogen) atoms. The molecule has 1 rings (SSSR count). The van der Waals surface area contributed by atoms with Gasteiger partial charge in [0.15, 0.2) is 0 Å².